The third-order valence-electron chi connectivity index (χ3n) is 4.58. The topological polar surface area (TPSA) is 159 Å². The Labute approximate surface area is 165 Å². The van der Waals surface area contributed by atoms with E-state index in [1.54, 1.807) is 6.07 Å². The Morgan fingerprint density at radius 3 is 2.71 bits per heavy atom. The molecule has 1 fully saturated rings. The summed E-state index contributed by atoms with van der Waals surface area (Å²) >= 11 is 0. The average molecular weight is 407 g/mol. The summed E-state index contributed by atoms with van der Waals surface area (Å²) in [5, 5.41) is 6.30. The van der Waals surface area contributed by atoms with E-state index in [1.807, 2.05) is 26.0 Å². The molecule has 0 unspecified atom stereocenters. The van der Waals surface area contributed by atoms with Gasteiger partial charge in [-0.25, -0.2) is 9.97 Å². The number of rotatable bonds is 5. The van der Waals surface area contributed by atoms with Crippen LogP contribution in [0, 0.1) is 13.8 Å². The molecule has 1 aliphatic heterocycles. The van der Waals surface area contributed by atoms with Crippen molar-refractivity contribution in [2.75, 3.05) is 22.1 Å². The molecular formula is C18H26N6O3S. The van der Waals surface area contributed by atoms with Crippen molar-refractivity contribution in [3.05, 3.63) is 41.3 Å². The van der Waals surface area contributed by atoms with Gasteiger partial charge in [0, 0.05) is 17.5 Å². The van der Waals surface area contributed by atoms with Crippen LogP contribution in [-0.2, 0) is 0 Å². The zero-order chi connectivity index (χ0) is 20.5. The first-order valence-electron chi connectivity index (χ1n) is 8.91. The van der Waals surface area contributed by atoms with E-state index in [9.17, 15) is 13.9 Å². The molecule has 8 N–H and O–H groups in total. The number of nitrogens with two attached hydrogens (primary N) is 2. The predicted molar refractivity (Wildman–Crippen MR) is 112 cm³/mol. The molecule has 1 aliphatic rings. The lowest BCUT2D eigenvalue weighted by Crippen LogP contribution is -2.48. The zero-order valence-electron chi connectivity index (χ0n) is 15.8. The van der Waals surface area contributed by atoms with Crippen LogP contribution in [0.4, 0.5) is 17.2 Å². The summed E-state index contributed by atoms with van der Waals surface area (Å²) in [7, 11) is -2.64. The van der Waals surface area contributed by atoms with Crippen LogP contribution in [0.15, 0.2) is 24.4 Å². The highest BCUT2D eigenvalue weighted by atomic mass is 32.3. The van der Waals surface area contributed by atoms with Gasteiger partial charge in [0.15, 0.2) is 5.69 Å². The van der Waals surface area contributed by atoms with E-state index in [0.29, 0.717) is 29.4 Å². The number of pyridine rings is 2. The molecule has 152 valence electrons. The first kappa shape index (κ1) is 20.3. The Balaban J connectivity index is 1.88. The summed E-state index contributed by atoms with van der Waals surface area (Å²) in [5.74, 6) is 0.397. The number of hydrogen-bond donors (Lipinski definition) is 6. The van der Waals surface area contributed by atoms with Crippen LogP contribution in [0.2, 0.25) is 0 Å². The molecule has 10 heteroatoms. The number of primary amides is 1. The summed E-state index contributed by atoms with van der Waals surface area (Å²) in [4.78, 5) is 20.4. The maximum Gasteiger partial charge on any atom is 0.269 e. The molecule has 2 aromatic rings. The second-order valence-electron chi connectivity index (χ2n) is 7.16. The molecular weight excluding hydrogens is 380 g/mol. The number of carbonyl (C=O) groups is 1. The van der Waals surface area contributed by atoms with Gasteiger partial charge in [0.25, 0.3) is 5.91 Å². The Hall–Kier alpha value is -2.40. The predicted octanol–water partition coefficient (Wildman–Crippen LogP) is 2.20. The molecule has 1 amide bonds. The van der Waals surface area contributed by atoms with Crippen LogP contribution >= 0.6 is 10.6 Å². The zero-order valence-corrected chi connectivity index (χ0v) is 16.7. The van der Waals surface area contributed by atoms with E-state index < -0.39 is 16.5 Å². The monoisotopic (exact) mass is 406 g/mol. The van der Waals surface area contributed by atoms with E-state index in [0.717, 1.165) is 11.3 Å². The number of aromatic nitrogens is 2. The van der Waals surface area contributed by atoms with Gasteiger partial charge >= 0.3 is 0 Å². The number of aryl methyl sites for hydroxylation is 2. The largest absolute Gasteiger partial charge is 0.378 e. The van der Waals surface area contributed by atoms with Crippen molar-refractivity contribution >= 4 is 33.7 Å². The number of nitrogens with one attached hydrogen (secondary N) is 2. The van der Waals surface area contributed by atoms with Gasteiger partial charge in [-0.3, -0.25) is 13.9 Å². The van der Waals surface area contributed by atoms with Gasteiger partial charge in [0.2, 0.25) is 0 Å². The molecule has 0 spiro atoms. The second-order valence-corrected chi connectivity index (χ2v) is 9.50. The maximum absolute atomic E-state index is 11.8. The van der Waals surface area contributed by atoms with Crippen molar-refractivity contribution < 1.29 is 13.9 Å². The standard InChI is InChI=1S/C18H26N6O3S/c1-10-5-11(2)22-16(6-10)24-14-7-12(8-21-17(14)18(20)25)23-15-9-28(26,27)4-3-13(15)19/h5-8,13,15,23,26-27H,3-4,9,19H2,1-2H3,(H2,20,25)(H,22,24)/t13-,15+/m0/s1. The number of anilines is 3. The van der Waals surface area contributed by atoms with Crippen LogP contribution in [0.5, 0.6) is 0 Å². The van der Waals surface area contributed by atoms with Gasteiger partial charge in [-0.15, -0.1) is 0 Å². The fraction of sp³-hybridized carbons (Fsp3) is 0.389. The fourth-order valence-electron chi connectivity index (χ4n) is 3.26. The number of hydrogen-bond acceptors (Lipinski definition) is 8. The third kappa shape index (κ3) is 4.90. The van der Waals surface area contributed by atoms with Gasteiger partial charge in [-0.1, -0.05) is 0 Å². The molecule has 1 saturated heterocycles. The first-order valence-corrected chi connectivity index (χ1v) is 10.8. The Morgan fingerprint density at radius 1 is 1.29 bits per heavy atom. The lowest BCUT2D eigenvalue weighted by molar-refractivity contribution is 0.0996. The molecule has 0 saturated carbocycles. The van der Waals surface area contributed by atoms with Crippen LogP contribution in [-0.4, -0.2) is 48.6 Å². The minimum atomic E-state index is -2.64. The average Bonchev–Trinajstić information content (AvgIpc) is 2.57. The van der Waals surface area contributed by atoms with Crippen molar-refractivity contribution in [2.24, 2.45) is 11.5 Å². The highest BCUT2D eigenvalue weighted by Gasteiger charge is 2.31. The van der Waals surface area contributed by atoms with Crippen LogP contribution < -0.4 is 22.1 Å². The summed E-state index contributed by atoms with van der Waals surface area (Å²) in [6, 6.07) is 4.96. The lowest BCUT2D eigenvalue weighted by atomic mass is 10.1. The summed E-state index contributed by atoms with van der Waals surface area (Å²) in [5.41, 5.74) is 14.5. The van der Waals surface area contributed by atoms with E-state index >= 15 is 0 Å². The van der Waals surface area contributed by atoms with Gasteiger partial charge in [-0.2, -0.15) is 10.6 Å². The maximum atomic E-state index is 11.8. The summed E-state index contributed by atoms with van der Waals surface area (Å²) in [6.45, 7) is 3.83. The molecule has 9 nitrogen and oxygen atoms in total. The van der Waals surface area contributed by atoms with E-state index in [2.05, 4.69) is 20.6 Å². The van der Waals surface area contributed by atoms with Gasteiger partial charge in [0.1, 0.15) is 5.82 Å². The Kier molecular flexibility index (Phi) is 5.75. The third-order valence-corrected chi connectivity index (χ3v) is 6.36. The normalized spacial score (nSPS) is 22.3. The van der Waals surface area contributed by atoms with E-state index in [-0.39, 0.29) is 23.5 Å². The van der Waals surface area contributed by atoms with E-state index in [4.69, 9.17) is 11.5 Å². The van der Waals surface area contributed by atoms with Crippen molar-refractivity contribution in [2.45, 2.75) is 32.4 Å². The smallest absolute Gasteiger partial charge is 0.269 e. The number of nitrogens with zero attached hydrogens (tertiary/aromatic N) is 2. The fourth-order valence-corrected chi connectivity index (χ4v) is 4.98. The highest BCUT2D eigenvalue weighted by molar-refractivity contribution is 8.24. The van der Waals surface area contributed by atoms with Crippen molar-refractivity contribution in [3.8, 4) is 0 Å². The molecule has 3 heterocycles. The Morgan fingerprint density at radius 2 is 2.04 bits per heavy atom. The quantitative estimate of drug-likeness (QED) is 0.441. The molecule has 2 atom stereocenters. The molecule has 0 bridgehead atoms. The SMILES string of the molecule is Cc1cc(C)nc(Nc2cc(N[C@@H]3CS(O)(O)CC[C@@H]3N)cnc2C(N)=O)c1. The molecule has 0 radical (unpaired) electrons. The minimum Gasteiger partial charge on any atom is -0.378 e. The summed E-state index contributed by atoms with van der Waals surface area (Å²) in [6.07, 6.45) is 2.00. The first-order chi connectivity index (χ1) is 13.1. The van der Waals surface area contributed by atoms with Crippen LogP contribution in [0.25, 0.3) is 0 Å². The molecule has 3 rings (SSSR count). The van der Waals surface area contributed by atoms with Crippen molar-refractivity contribution in [1.29, 1.82) is 0 Å². The Bertz CT molecular complexity index is 871. The molecule has 2 aromatic heterocycles. The molecule has 28 heavy (non-hydrogen) atoms. The lowest BCUT2D eigenvalue weighted by Gasteiger charge is -2.43. The van der Waals surface area contributed by atoms with Gasteiger partial charge in [0.05, 0.1) is 29.4 Å². The number of amides is 1. The minimum absolute atomic E-state index is 0.0868. The van der Waals surface area contributed by atoms with Gasteiger partial charge in [-0.05, 0) is 44.0 Å². The molecule has 0 aliphatic carbocycles. The van der Waals surface area contributed by atoms with Crippen LogP contribution in [0.1, 0.15) is 28.2 Å². The summed E-state index contributed by atoms with van der Waals surface area (Å²) < 4.78 is 20.0. The van der Waals surface area contributed by atoms with Gasteiger partial charge < -0.3 is 22.1 Å². The van der Waals surface area contributed by atoms with Crippen molar-refractivity contribution in [3.63, 3.8) is 0 Å². The van der Waals surface area contributed by atoms with Crippen molar-refractivity contribution in [1.82, 2.24) is 9.97 Å². The van der Waals surface area contributed by atoms with E-state index in [1.165, 1.54) is 6.20 Å². The second kappa shape index (κ2) is 7.92. The molecule has 0 aromatic carbocycles. The van der Waals surface area contributed by atoms with Crippen LogP contribution in [0.3, 0.4) is 0 Å². The number of carbonyl (C=O) groups excluding carboxylic acids is 1. The highest BCUT2D eigenvalue weighted by Crippen LogP contribution is 2.44.